The van der Waals surface area contributed by atoms with Crippen molar-refractivity contribution in [1.29, 1.82) is 0 Å². The normalized spacial score (nSPS) is 11.4. The number of carboxylic acids is 1. The number of hydrogen-bond donors (Lipinski definition) is 2. The zero-order chi connectivity index (χ0) is 19.4. The number of halogens is 1. The van der Waals surface area contributed by atoms with Gasteiger partial charge in [0.1, 0.15) is 10.7 Å². The Labute approximate surface area is 165 Å². The SMILES string of the molecule is COc1ccc(/C=C(\Sc2n[nH]c(-c3ccc(Cl)cc3)n2)C(=O)O)c(C)c1. The van der Waals surface area contributed by atoms with Crippen LogP contribution in [0.15, 0.2) is 52.5 Å². The summed E-state index contributed by atoms with van der Waals surface area (Å²) in [4.78, 5) is 16.1. The molecule has 0 bridgehead atoms. The van der Waals surface area contributed by atoms with Gasteiger partial charge in [-0.15, -0.1) is 5.10 Å². The molecule has 0 aliphatic rings. The van der Waals surface area contributed by atoms with Gasteiger partial charge in [-0.25, -0.2) is 9.78 Å². The van der Waals surface area contributed by atoms with Crippen molar-refractivity contribution >= 4 is 35.4 Å². The first-order valence-electron chi connectivity index (χ1n) is 7.92. The molecule has 27 heavy (non-hydrogen) atoms. The third kappa shape index (κ3) is 4.69. The third-order valence-corrected chi connectivity index (χ3v) is 4.89. The van der Waals surface area contributed by atoms with Gasteiger partial charge in [0.05, 0.1) is 7.11 Å². The fourth-order valence-electron chi connectivity index (χ4n) is 2.34. The second kappa shape index (κ2) is 8.28. The van der Waals surface area contributed by atoms with Gasteiger partial charge in [0, 0.05) is 10.6 Å². The summed E-state index contributed by atoms with van der Waals surface area (Å²) in [6.45, 7) is 1.89. The molecule has 0 spiro atoms. The van der Waals surface area contributed by atoms with E-state index >= 15 is 0 Å². The van der Waals surface area contributed by atoms with E-state index in [4.69, 9.17) is 16.3 Å². The molecule has 1 aromatic heterocycles. The van der Waals surface area contributed by atoms with Gasteiger partial charge in [0.15, 0.2) is 5.82 Å². The van der Waals surface area contributed by atoms with Gasteiger partial charge >= 0.3 is 5.97 Å². The van der Waals surface area contributed by atoms with Crippen LogP contribution in [0.4, 0.5) is 0 Å². The van der Waals surface area contributed by atoms with Gasteiger partial charge in [-0.1, -0.05) is 17.7 Å². The molecule has 0 fully saturated rings. The van der Waals surface area contributed by atoms with E-state index < -0.39 is 5.97 Å². The smallest absolute Gasteiger partial charge is 0.342 e. The number of ether oxygens (including phenoxy) is 1. The van der Waals surface area contributed by atoms with Crippen LogP contribution in [-0.2, 0) is 4.79 Å². The first-order chi connectivity index (χ1) is 13.0. The van der Waals surface area contributed by atoms with E-state index in [1.807, 2.05) is 31.2 Å². The standard InChI is InChI=1S/C19H16ClN3O3S/c1-11-9-15(26-2)8-5-13(11)10-16(18(24)25)27-19-21-17(22-23-19)12-3-6-14(20)7-4-12/h3-10H,1-2H3,(H,24,25)(H,21,22,23)/b16-10-. The quantitative estimate of drug-likeness (QED) is 0.461. The van der Waals surface area contributed by atoms with Crippen LogP contribution in [0, 0.1) is 6.92 Å². The average molecular weight is 402 g/mol. The molecule has 138 valence electrons. The summed E-state index contributed by atoms with van der Waals surface area (Å²) >= 11 is 6.87. The van der Waals surface area contributed by atoms with Gasteiger partial charge in [-0.3, -0.25) is 5.10 Å². The number of hydrogen-bond acceptors (Lipinski definition) is 5. The van der Waals surface area contributed by atoms with E-state index in [1.54, 1.807) is 31.4 Å². The highest BCUT2D eigenvalue weighted by Gasteiger charge is 2.15. The largest absolute Gasteiger partial charge is 0.497 e. The summed E-state index contributed by atoms with van der Waals surface area (Å²) in [5.74, 6) is 0.211. The Bertz CT molecular complexity index is 1000. The van der Waals surface area contributed by atoms with Crippen molar-refractivity contribution in [2.24, 2.45) is 0 Å². The van der Waals surface area contributed by atoms with Crippen molar-refractivity contribution in [3.63, 3.8) is 0 Å². The van der Waals surface area contributed by atoms with Crippen LogP contribution in [0.3, 0.4) is 0 Å². The maximum absolute atomic E-state index is 11.7. The number of aromatic nitrogens is 3. The van der Waals surface area contributed by atoms with Crippen molar-refractivity contribution in [3.05, 3.63) is 63.5 Å². The topological polar surface area (TPSA) is 88.1 Å². The lowest BCUT2D eigenvalue weighted by molar-refractivity contribution is -0.131. The molecule has 6 nitrogen and oxygen atoms in total. The Hall–Kier alpha value is -2.77. The minimum atomic E-state index is -1.05. The molecule has 1 heterocycles. The molecule has 0 saturated carbocycles. The molecule has 0 aliphatic carbocycles. The number of carboxylic acid groups (broad SMARTS) is 1. The minimum Gasteiger partial charge on any atom is -0.497 e. The van der Waals surface area contributed by atoms with Crippen LogP contribution >= 0.6 is 23.4 Å². The third-order valence-electron chi connectivity index (χ3n) is 3.76. The molecule has 2 N–H and O–H groups in total. The maximum atomic E-state index is 11.7. The number of nitrogens with one attached hydrogen (secondary N) is 1. The Morgan fingerprint density at radius 2 is 2.00 bits per heavy atom. The van der Waals surface area contributed by atoms with E-state index in [0.29, 0.717) is 16.0 Å². The number of methoxy groups -OCH3 is 1. The summed E-state index contributed by atoms with van der Waals surface area (Å²) in [5, 5.41) is 17.4. The van der Waals surface area contributed by atoms with Crippen molar-refractivity contribution in [2.75, 3.05) is 7.11 Å². The lowest BCUT2D eigenvalue weighted by Crippen LogP contribution is -1.98. The molecule has 3 rings (SSSR count). The number of carbonyl (C=O) groups is 1. The molecule has 0 unspecified atom stereocenters. The summed E-state index contributed by atoms with van der Waals surface area (Å²) in [6, 6.07) is 12.6. The van der Waals surface area contributed by atoms with E-state index in [9.17, 15) is 9.90 Å². The fourth-order valence-corrected chi connectivity index (χ4v) is 3.16. The molecular formula is C19H16ClN3O3S. The van der Waals surface area contributed by atoms with E-state index in [-0.39, 0.29) is 4.91 Å². The number of H-pyrrole nitrogens is 1. The number of aryl methyl sites for hydroxylation is 1. The second-order valence-corrected chi connectivity index (χ2v) is 7.06. The van der Waals surface area contributed by atoms with Crippen LogP contribution in [-0.4, -0.2) is 33.4 Å². The molecule has 0 atom stereocenters. The van der Waals surface area contributed by atoms with Gasteiger partial charge in [-0.05, 0) is 72.3 Å². The van der Waals surface area contributed by atoms with Gasteiger partial charge in [0.2, 0.25) is 5.16 Å². The predicted molar refractivity (Wildman–Crippen MR) is 106 cm³/mol. The molecule has 0 saturated heterocycles. The van der Waals surface area contributed by atoms with Crippen molar-refractivity contribution in [2.45, 2.75) is 12.1 Å². The lowest BCUT2D eigenvalue weighted by Gasteiger charge is -2.05. The van der Waals surface area contributed by atoms with Crippen LogP contribution < -0.4 is 4.74 Å². The summed E-state index contributed by atoms with van der Waals surface area (Å²) in [7, 11) is 1.59. The zero-order valence-corrected chi connectivity index (χ0v) is 16.1. The van der Waals surface area contributed by atoms with Crippen LogP contribution in [0.2, 0.25) is 5.02 Å². The number of aromatic amines is 1. The number of thioether (sulfide) groups is 1. The van der Waals surface area contributed by atoms with Crippen LogP contribution in [0.25, 0.3) is 17.5 Å². The summed E-state index contributed by atoms with van der Waals surface area (Å²) in [5.41, 5.74) is 2.50. The first kappa shape index (κ1) is 19.0. The average Bonchev–Trinajstić information content (AvgIpc) is 3.11. The van der Waals surface area contributed by atoms with Crippen molar-refractivity contribution < 1.29 is 14.6 Å². The molecule has 0 radical (unpaired) electrons. The molecular weight excluding hydrogens is 386 g/mol. The highest BCUT2D eigenvalue weighted by molar-refractivity contribution is 8.04. The Balaban J connectivity index is 1.85. The molecule has 3 aromatic rings. The van der Waals surface area contributed by atoms with E-state index in [0.717, 1.165) is 34.2 Å². The van der Waals surface area contributed by atoms with Crippen molar-refractivity contribution in [1.82, 2.24) is 15.2 Å². The van der Waals surface area contributed by atoms with Gasteiger partial charge in [-0.2, -0.15) is 0 Å². The minimum absolute atomic E-state index is 0.116. The monoisotopic (exact) mass is 401 g/mol. The number of benzene rings is 2. The maximum Gasteiger partial charge on any atom is 0.342 e. The highest BCUT2D eigenvalue weighted by Crippen LogP contribution is 2.29. The molecule has 2 aromatic carbocycles. The Kier molecular flexibility index (Phi) is 5.83. The lowest BCUT2D eigenvalue weighted by atomic mass is 10.1. The first-order valence-corrected chi connectivity index (χ1v) is 9.11. The highest BCUT2D eigenvalue weighted by atomic mass is 35.5. The van der Waals surface area contributed by atoms with E-state index in [1.165, 1.54) is 0 Å². The number of rotatable bonds is 6. The summed E-state index contributed by atoms with van der Waals surface area (Å²) < 4.78 is 5.18. The Morgan fingerprint density at radius 1 is 1.26 bits per heavy atom. The van der Waals surface area contributed by atoms with Crippen LogP contribution in [0.5, 0.6) is 5.75 Å². The fraction of sp³-hybridized carbons (Fsp3) is 0.105. The number of aliphatic carboxylic acids is 1. The van der Waals surface area contributed by atoms with Gasteiger partial charge in [0.25, 0.3) is 0 Å². The Morgan fingerprint density at radius 3 is 2.63 bits per heavy atom. The second-order valence-electron chi connectivity index (χ2n) is 5.61. The van der Waals surface area contributed by atoms with E-state index in [2.05, 4.69) is 15.2 Å². The number of nitrogens with zero attached hydrogens (tertiary/aromatic N) is 2. The van der Waals surface area contributed by atoms with Gasteiger partial charge < -0.3 is 9.84 Å². The molecule has 0 aliphatic heterocycles. The predicted octanol–water partition coefficient (Wildman–Crippen LogP) is 4.66. The zero-order valence-electron chi connectivity index (χ0n) is 14.6. The summed E-state index contributed by atoms with van der Waals surface area (Å²) in [6.07, 6.45) is 1.60. The molecule has 0 amide bonds. The van der Waals surface area contributed by atoms with Crippen LogP contribution in [0.1, 0.15) is 11.1 Å². The molecule has 8 heteroatoms. The van der Waals surface area contributed by atoms with Crippen molar-refractivity contribution in [3.8, 4) is 17.1 Å².